The van der Waals surface area contributed by atoms with E-state index in [1.165, 1.54) is 0 Å². The molecule has 0 aliphatic heterocycles. The fraction of sp³-hybridized carbons (Fsp3) is 0.300. The van der Waals surface area contributed by atoms with Gasteiger partial charge in [0.1, 0.15) is 5.75 Å². The van der Waals surface area contributed by atoms with Crippen molar-refractivity contribution in [2.75, 3.05) is 20.3 Å². The summed E-state index contributed by atoms with van der Waals surface area (Å²) in [5.74, 6) is 0.997. The average molecular weight is 451 g/mol. The van der Waals surface area contributed by atoms with E-state index in [-0.39, 0.29) is 18.9 Å². The number of rotatable bonds is 9. The summed E-state index contributed by atoms with van der Waals surface area (Å²) in [4.78, 5) is 23.8. The summed E-state index contributed by atoms with van der Waals surface area (Å²) in [5.41, 5.74) is 5.69. The molecule has 8 heteroatoms. The fourth-order valence-electron chi connectivity index (χ4n) is 2.35. The van der Waals surface area contributed by atoms with Crippen LogP contribution in [0.4, 0.5) is 0 Å². The molecule has 2 amide bonds. The quantitative estimate of drug-likeness (QED) is 0.573. The summed E-state index contributed by atoms with van der Waals surface area (Å²) < 4.78 is 16.9. The number of para-hydroxylation sites is 2. The van der Waals surface area contributed by atoms with Gasteiger partial charge >= 0.3 is 0 Å². The highest BCUT2D eigenvalue weighted by Crippen LogP contribution is 2.26. The number of halogens is 1. The molecule has 0 aromatic heterocycles. The molecule has 0 aliphatic rings. The summed E-state index contributed by atoms with van der Waals surface area (Å²) in [6, 6.07) is 12.7. The first-order valence-corrected chi connectivity index (χ1v) is 9.57. The number of hydrogen-bond donors (Lipinski definition) is 2. The van der Waals surface area contributed by atoms with Gasteiger partial charge in [-0.15, -0.1) is 0 Å². The van der Waals surface area contributed by atoms with Crippen LogP contribution in [0.3, 0.4) is 0 Å². The van der Waals surface area contributed by atoms with Gasteiger partial charge in [-0.25, -0.2) is 0 Å². The molecule has 0 radical (unpaired) electrons. The zero-order chi connectivity index (χ0) is 20.4. The molecule has 2 aromatic carbocycles. The number of carbonyl (C=O) groups excluding carboxylic acids is 2. The number of hydrogen-bond acceptors (Lipinski definition) is 5. The van der Waals surface area contributed by atoms with Crippen LogP contribution in [0, 0.1) is 0 Å². The summed E-state index contributed by atoms with van der Waals surface area (Å²) in [5, 5.41) is 0. The van der Waals surface area contributed by atoms with Gasteiger partial charge in [0.05, 0.1) is 18.2 Å². The molecule has 2 aromatic rings. The topological polar surface area (TPSA) is 85.9 Å². The maximum absolute atomic E-state index is 11.9. The number of aryl methyl sites for hydroxylation is 1. The number of amides is 2. The lowest BCUT2D eigenvalue weighted by Gasteiger charge is -2.12. The minimum Gasteiger partial charge on any atom is -0.496 e. The van der Waals surface area contributed by atoms with Gasteiger partial charge in [0.25, 0.3) is 5.91 Å². The average Bonchev–Trinajstić information content (AvgIpc) is 2.70. The van der Waals surface area contributed by atoms with Crippen molar-refractivity contribution in [1.82, 2.24) is 10.9 Å². The van der Waals surface area contributed by atoms with Crippen LogP contribution < -0.4 is 25.1 Å². The third-order valence-corrected chi connectivity index (χ3v) is 4.33. The van der Waals surface area contributed by atoms with Crippen LogP contribution in [0.2, 0.25) is 0 Å². The molecular weight excluding hydrogens is 428 g/mol. The Balaban J connectivity index is 1.72. The first-order chi connectivity index (χ1) is 13.5. The van der Waals surface area contributed by atoms with Gasteiger partial charge in [-0.3, -0.25) is 20.4 Å². The molecule has 150 valence electrons. The molecule has 0 bridgehead atoms. The Labute approximate surface area is 172 Å². The second-order valence-electron chi connectivity index (χ2n) is 5.73. The van der Waals surface area contributed by atoms with E-state index in [4.69, 9.17) is 14.2 Å². The number of methoxy groups -OCH3 is 1. The Bertz CT molecular complexity index is 813. The van der Waals surface area contributed by atoms with E-state index < -0.39 is 5.91 Å². The molecule has 0 unspecified atom stereocenters. The lowest BCUT2D eigenvalue weighted by Crippen LogP contribution is -2.43. The lowest BCUT2D eigenvalue weighted by atomic mass is 10.1. The standard InChI is InChI=1S/C20H23BrN2O5/c1-3-27-17-6-4-5-7-18(17)28-13-20(25)23-22-19(24)11-9-14-8-10-16(26-2)15(21)12-14/h4-8,10,12H,3,9,11,13H2,1-2H3,(H,22,24)(H,23,25). The second-order valence-corrected chi connectivity index (χ2v) is 6.59. The molecule has 0 atom stereocenters. The molecule has 0 saturated carbocycles. The van der Waals surface area contributed by atoms with Crippen LogP contribution in [0.5, 0.6) is 17.2 Å². The van der Waals surface area contributed by atoms with Gasteiger partial charge in [-0.2, -0.15) is 0 Å². The van der Waals surface area contributed by atoms with Crippen molar-refractivity contribution >= 4 is 27.7 Å². The Hall–Kier alpha value is -2.74. The molecule has 28 heavy (non-hydrogen) atoms. The van der Waals surface area contributed by atoms with Crippen LogP contribution >= 0.6 is 15.9 Å². The van der Waals surface area contributed by atoms with Crippen molar-refractivity contribution < 1.29 is 23.8 Å². The molecule has 7 nitrogen and oxygen atoms in total. The van der Waals surface area contributed by atoms with Crippen LogP contribution in [-0.4, -0.2) is 32.1 Å². The number of hydrazine groups is 1. The molecule has 0 saturated heterocycles. The maximum atomic E-state index is 11.9. The molecule has 0 fully saturated rings. The van der Waals surface area contributed by atoms with Gasteiger partial charge in [-0.05, 0) is 59.1 Å². The highest BCUT2D eigenvalue weighted by atomic mass is 79.9. The van der Waals surface area contributed by atoms with E-state index in [1.54, 1.807) is 25.3 Å². The SMILES string of the molecule is CCOc1ccccc1OCC(=O)NNC(=O)CCc1ccc(OC)c(Br)c1. The normalized spacial score (nSPS) is 10.1. The highest BCUT2D eigenvalue weighted by Gasteiger charge is 2.09. The Kier molecular flexibility index (Phi) is 8.61. The van der Waals surface area contributed by atoms with Crippen molar-refractivity contribution in [3.8, 4) is 17.2 Å². The van der Waals surface area contributed by atoms with Crippen molar-refractivity contribution in [3.63, 3.8) is 0 Å². The summed E-state index contributed by atoms with van der Waals surface area (Å²) in [6.07, 6.45) is 0.760. The molecular formula is C20H23BrN2O5. The van der Waals surface area contributed by atoms with Gasteiger partial charge in [-0.1, -0.05) is 18.2 Å². The first kappa shape index (κ1) is 21.6. The second kappa shape index (κ2) is 11.2. The number of carbonyl (C=O) groups is 2. The van der Waals surface area contributed by atoms with Gasteiger partial charge in [0.2, 0.25) is 5.91 Å². The zero-order valence-electron chi connectivity index (χ0n) is 15.8. The Morgan fingerprint density at radius 1 is 0.964 bits per heavy atom. The Morgan fingerprint density at radius 2 is 1.64 bits per heavy atom. The maximum Gasteiger partial charge on any atom is 0.276 e. The third-order valence-electron chi connectivity index (χ3n) is 3.71. The van der Waals surface area contributed by atoms with E-state index in [1.807, 2.05) is 31.2 Å². The lowest BCUT2D eigenvalue weighted by molar-refractivity contribution is -0.130. The van der Waals surface area contributed by atoms with E-state index in [9.17, 15) is 9.59 Å². The third kappa shape index (κ3) is 6.77. The fourth-order valence-corrected chi connectivity index (χ4v) is 2.94. The van der Waals surface area contributed by atoms with Crippen LogP contribution in [0.25, 0.3) is 0 Å². The van der Waals surface area contributed by atoms with Gasteiger partial charge < -0.3 is 14.2 Å². The van der Waals surface area contributed by atoms with Crippen LogP contribution in [0.15, 0.2) is 46.9 Å². The molecule has 0 aliphatic carbocycles. The summed E-state index contributed by atoms with van der Waals surface area (Å²) in [7, 11) is 1.59. The smallest absolute Gasteiger partial charge is 0.276 e. The van der Waals surface area contributed by atoms with Crippen molar-refractivity contribution in [2.24, 2.45) is 0 Å². The van der Waals surface area contributed by atoms with Gasteiger partial charge in [0.15, 0.2) is 18.1 Å². The van der Waals surface area contributed by atoms with Crippen molar-refractivity contribution in [1.29, 1.82) is 0 Å². The predicted octanol–water partition coefficient (Wildman–Crippen LogP) is 3.02. The number of nitrogens with one attached hydrogen (secondary N) is 2. The van der Waals surface area contributed by atoms with Crippen LogP contribution in [-0.2, 0) is 16.0 Å². The summed E-state index contributed by atoms with van der Waals surface area (Å²) in [6.45, 7) is 2.12. The molecule has 2 N–H and O–H groups in total. The van der Waals surface area contributed by atoms with E-state index in [0.717, 1.165) is 15.8 Å². The van der Waals surface area contributed by atoms with Crippen molar-refractivity contribution in [3.05, 3.63) is 52.5 Å². The number of ether oxygens (including phenoxy) is 3. The summed E-state index contributed by atoms with van der Waals surface area (Å²) >= 11 is 3.41. The highest BCUT2D eigenvalue weighted by molar-refractivity contribution is 9.10. The number of benzene rings is 2. The first-order valence-electron chi connectivity index (χ1n) is 8.78. The van der Waals surface area contributed by atoms with E-state index >= 15 is 0 Å². The minimum atomic E-state index is -0.466. The van der Waals surface area contributed by atoms with Crippen molar-refractivity contribution in [2.45, 2.75) is 19.8 Å². The zero-order valence-corrected chi connectivity index (χ0v) is 17.4. The van der Waals surface area contributed by atoms with E-state index in [0.29, 0.717) is 24.5 Å². The van der Waals surface area contributed by atoms with E-state index in [2.05, 4.69) is 26.8 Å². The van der Waals surface area contributed by atoms with Gasteiger partial charge in [0, 0.05) is 6.42 Å². The molecule has 0 heterocycles. The molecule has 2 rings (SSSR count). The largest absolute Gasteiger partial charge is 0.496 e. The molecule has 0 spiro atoms. The minimum absolute atomic E-state index is 0.229. The van der Waals surface area contributed by atoms with Crippen LogP contribution in [0.1, 0.15) is 18.9 Å². The Morgan fingerprint density at radius 3 is 2.29 bits per heavy atom. The predicted molar refractivity (Wildman–Crippen MR) is 108 cm³/mol. The monoisotopic (exact) mass is 450 g/mol.